The van der Waals surface area contributed by atoms with E-state index in [4.69, 9.17) is 30.5 Å². The predicted molar refractivity (Wildman–Crippen MR) is 193 cm³/mol. The molecule has 0 bridgehead atoms. The molecule has 0 aliphatic carbocycles. The van der Waals surface area contributed by atoms with Crippen molar-refractivity contribution in [2.45, 2.75) is 63.2 Å². The first-order valence-corrected chi connectivity index (χ1v) is 18.7. The molecule has 0 radical (unpaired) electrons. The minimum absolute atomic E-state index is 0.0321. The Morgan fingerprint density at radius 2 is 1.67 bits per heavy atom. The van der Waals surface area contributed by atoms with Crippen LogP contribution in [0.3, 0.4) is 0 Å². The van der Waals surface area contributed by atoms with E-state index in [2.05, 4.69) is 10.6 Å². The third kappa shape index (κ3) is 9.63. The summed E-state index contributed by atoms with van der Waals surface area (Å²) >= 11 is 5.99. The molecule has 4 atom stereocenters. The number of nitrogens with zero attached hydrogens (tertiary/aromatic N) is 2. The SMILES string of the molecule is C[C@H](CO)N1C[C@H](C)[C@@H](CN(C)S(=O)(=O)c2ccc(Cl)cc2)OCCCC[C@H](C)Oc2ccc(NC(=O)Nc3ccc4c(c3)OCO4)cc2C1=O. The number of nitrogens with one attached hydrogen (secondary N) is 2. The van der Waals surface area contributed by atoms with Crippen LogP contribution in [0.4, 0.5) is 16.2 Å². The Morgan fingerprint density at radius 1 is 1.00 bits per heavy atom. The fourth-order valence-corrected chi connectivity index (χ4v) is 7.18. The highest BCUT2D eigenvalue weighted by Crippen LogP contribution is 2.34. The van der Waals surface area contributed by atoms with Crippen molar-refractivity contribution in [3.8, 4) is 17.2 Å². The number of ether oxygens (including phenoxy) is 4. The molecule has 3 amide bonds. The fourth-order valence-electron chi connectivity index (χ4n) is 5.87. The van der Waals surface area contributed by atoms with Gasteiger partial charge in [0.2, 0.25) is 16.8 Å². The van der Waals surface area contributed by atoms with E-state index in [1.54, 1.807) is 43.3 Å². The summed E-state index contributed by atoms with van der Waals surface area (Å²) in [6, 6.07) is 14.7. The zero-order valence-electron chi connectivity index (χ0n) is 29.1. The highest BCUT2D eigenvalue weighted by atomic mass is 35.5. The van der Waals surface area contributed by atoms with Gasteiger partial charge in [0.25, 0.3) is 5.91 Å². The van der Waals surface area contributed by atoms with E-state index in [-0.39, 0.29) is 49.0 Å². The number of aliphatic hydroxyl groups excluding tert-OH is 1. The molecule has 0 saturated heterocycles. The third-order valence-corrected chi connectivity index (χ3v) is 11.0. The number of benzene rings is 3. The van der Waals surface area contributed by atoms with E-state index >= 15 is 0 Å². The van der Waals surface area contributed by atoms with Gasteiger partial charge in [-0.15, -0.1) is 0 Å². The number of fused-ring (bicyclic) bond motifs is 2. The molecule has 0 spiro atoms. The molecule has 2 heterocycles. The van der Waals surface area contributed by atoms with Gasteiger partial charge >= 0.3 is 6.03 Å². The minimum Gasteiger partial charge on any atom is -0.490 e. The van der Waals surface area contributed by atoms with E-state index in [1.807, 2.05) is 13.8 Å². The lowest BCUT2D eigenvalue weighted by molar-refractivity contribution is -0.00833. The quantitative estimate of drug-likeness (QED) is 0.258. The third-order valence-electron chi connectivity index (χ3n) is 8.90. The van der Waals surface area contributed by atoms with E-state index in [9.17, 15) is 23.1 Å². The van der Waals surface area contributed by atoms with Gasteiger partial charge < -0.3 is 39.6 Å². The number of carbonyl (C=O) groups is 2. The van der Waals surface area contributed by atoms with Gasteiger partial charge in [-0.25, -0.2) is 13.2 Å². The molecule has 0 unspecified atom stereocenters. The second-order valence-corrected chi connectivity index (χ2v) is 15.4. The lowest BCUT2D eigenvalue weighted by Crippen LogP contribution is -2.48. The first kappa shape index (κ1) is 38.2. The summed E-state index contributed by atoms with van der Waals surface area (Å²) in [5.74, 6) is 0.666. The summed E-state index contributed by atoms with van der Waals surface area (Å²) in [6.07, 6.45) is 1.34. The van der Waals surface area contributed by atoms with Crippen LogP contribution >= 0.6 is 11.6 Å². The van der Waals surface area contributed by atoms with Gasteiger partial charge in [-0.05, 0) is 87.7 Å². The molecular formula is C36H45ClN4O9S. The molecule has 0 fully saturated rings. The van der Waals surface area contributed by atoms with Gasteiger partial charge in [0.15, 0.2) is 11.5 Å². The zero-order valence-corrected chi connectivity index (χ0v) is 30.7. The van der Waals surface area contributed by atoms with E-state index < -0.39 is 34.1 Å². The van der Waals surface area contributed by atoms with E-state index in [0.29, 0.717) is 53.1 Å². The van der Waals surface area contributed by atoms with Gasteiger partial charge in [-0.3, -0.25) is 4.79 Å². The monoisotopic (exact) mass is 744 g/mol. The fraction of sp³-hybridized carbons (Fsp3) is 0.444. The molecule has 51 heavy (non-hydrogen) atoms. The number of anilines is 2. The number of urea groups is 1. The summed E-state index contributed by atoms with van der Waals surface area (Å²) in [5.41, 5.74) is 1.04. The van der Waals surface area contributed by atoms with Crippen LogP contribution in [-0.4, -0.2) is 93.1 Å². The Bertz CT molecular complexity index is 1790. The zero-order chi connectivity index (χ0) is 36.7. The summed E-state index contributed by atoms with van der Waals surface area (Å²) in [6.45, 7) is 5.88. The smallest absolute Gasteiger partial charge is 0.323 e. The van der Waals surface area contributed by atoms with Crippen LogP contribution in [0.5, 0.6) is 17.2 Å². The van der Waals surface area contributed by atoms with Gasteiger partial charge in [0.1, 0.15) is 5.75 Å². The van der Waals surface area contributed by atoms with Gasteiger partial charge in [-0.1, -0.05) is 18.5 Å². The minimum atomic E-state index is -3.86. The van der Waals surface area contributed by atoms with Crippen LogP contribution < -0.4 is 24.8 Å². The Labute approximate surface area is 303 Å². The maximum absolute atomic E-state index is 14.4. The van der Waals surface area contributed by atoms with Crippen LogP contribution in [-0.2, 0) is 14.8 Å². The van der Waals surface area contributed by atoms with Crippen molar-refractivity contribution in [2.24, 2.45) is 5.92 Å². The Kier molecular flexibility index (Phi) is 12.7. The Morgan fingerprint density at radius 3 is 2.37 bits per heavy atom. The first-order chi connectivity index (χ1) is 24.3. The summed E-state index contributed by atoms with van der Waals surface area (Å²) in [7, 11) is -2.37. The first-order valence-electron chi connectivity index (χ1n) is 16.9. The van der Waals surface area contributed by atoms with Crippen molar-refractivity contribution in [3.63, 3.8) is 0 Å². The molecule has 5 rings (SSSR count). The number of amides is 3. The highest BCUT2D eigenvalue weighted by Gasteiger charge is 2.32. The largest absolute Gasteiger partial charge is 0.490 e. The van der Waals surface area contributed by atoms with Crippen molar-refractivity contribution in [3.05, 3.63) is 71.2 Å². The summed E-state index contributed by atoms with van der Waals surface area (Å²) in [5, 5.41) is 16.2. The highest BCUT2D eigenvalue weighted by molar-refractivity contribution is 7.89. The lowest BCUT2D eigenvalue weighted by atomic mass is 10.0. The van der Waals surface area contributed by atoms with Crippen molar-refractivity contribution >= 4 is 44.9 Å². The number of likely N-dealkylation sites (N-methyl/N-ethyl adjacent to an activating group) is 1. The van der Waals surface area contributed by atoms with Gasteiger partial charge in [-0.2, -0.15) is 4.31 Å². The normalized spacial score (nSPS) is 20.6. The molecule has 3 aromatic rings. The molecule has 3 aromatic carbocycles. The van der Waals surface area contributed by atoms with Crippen molar-refractivity contribution in [2.75, 3.05) is 50.8 Å². The molecule has 276 valence electrons. The second kappa shape index (κ2) is 17.0. The van der Waals surface area contributed by atoms with Gasteiger partial charge in [0.05, 0.1) is 35.3 Å². The topological polar surface area (TPSA) is 156 Å². The number of halogens is 1. The molecule has 15 heteroatoms. The number of aliphatic hydroxyl groups is 1. The number of rotatable bonds is 8. The average molecular weight is 745 g/mol. The van der Waals surface area contributed by atoms with Crippen molar-refractivity contribution in [1.82, 2.24) is 9.21 Å². The number of sulfonamides is 1. The van der Waals surface area contributed by atoms with Crippen molar-refractivity contribution in [1.29, 1.82) is 0 Å². The summed E-state index contributed by atoms with van der Waals surface area (Å²) < 4.78 is 51.5. The molecule has 0 aromatic heterocycles. The lowest BCUT2D eigenvalue weighted by Gasteiger charge is -2.35. The number of hydrogen-bond acceptors (Lipinski definition) is 9. The molecule has 0 saturated carbocycles. The average Bonchev–Trinajstić information content (AvgIpc) is 3.57. The maximum Gasteiger partial charge on any atom is 0.323 e. The molecule has 2 aliphatic heterocycles. The summed E-state index contributed by atoms with van der Waals surface area (Å²) in [4.78, 5) is 29.1. The van der Waals surface area contributed by atoms with E-state index in [1.165, 1.54) is 40.5 Å². The van der Waals surface area contributed by atoms with Crippen LogP contribution in [0.1, 0.15) is 50.4 Å². The Balaban J connectivity index is 1.39. The second-order valence-electron chi connectivity index (χ2n) is 12.9. The molecular weight excluding hydrogens is 700 g/mol. The molecule has 13 nitrogen and oxygen atoms in total. The van der Waals surface area contributed by atoms with Crippen LogP contribution in [0.25, 0.3) is 0 Å². The molecule has 2 aliphatic rings. The van der Waals surface area contributed by atoms with Crippen LogP contribution in [0, 0.1) is 5.92 Å². The standard InChI is InChI=1S/C36H45ClN4O9S/c1-23-19-41(24(2)21-42)35(43)30-17-27(38-36(44)39-28-11-15-32-33(18-28)49-22-48-32)10-14-31(30)50-25(3)7-5-6-16-47-34(23)20-40(4)51(45,46)29-12-8-26(37)9-13-29/h8-15,17-18,23-25,34,42H,5-7,16,19-22H2,1-4H3,(H2,38,39,44)/t23-,24+,25-,34+/m0/s1. The number of carbonyl (C=O) groups excluding carboxylic acids is 2. The maximum atomic E-state index is 14.4. The van der Waals surface area contributed by atoms with Crippen LogP contribution in [0.15, 0.2) is 65.6 Å². The Hall–Kier alpha value is -4.08. The van der Waals surface area contributed by atoms with Crippen molar-refractivity contribution < 1.29 is 42.1 Å². The van der Waals surface area contributed by atoms with E-state index in [0.717, 1.165) is 6.42 Å². The van der Waals surface area contributed by atoms with Gasteiger partial charge in [0, 0.05) is 55.1 Å². The van der Waals surface area contributed by atoms with Crippen LogP contribution in [0.2, 0.25) is 5.02 Å². The number of hydrogen-bond donors (Lipinski definition) is 3. The molecule has 3 N–H and O–H groups in total. The predicted octanol–water partition coefficient (Wildman–Crippen LogP) is 5.83.